The van der Waals surface area contributed by atoms with Crippen LogP contribution in [0.15, 0.2) is 12.1 Å². The van der Waals surface area contributed by atoms with E-state index < -0.39 is 0 Å². The van der Waals surface area contributed by atoms with E-state index in [1.54, 1.807) is 16.6 Å². The van der Waals surface area contributed by atoms with Crippen LogP contribution in [-0.4, -0.2) is 19.8 Å². The first kappa shape index (κ1) is 9.92. The summed E-state index contributed by atoms with van der Waals surface area (Å²) in [5, 5.41) is 12.1. The molecule has 2 aromatic rings. The first-order valence-electron chi connectivity index (χ1n) is 4.12. The maximum absolute atomic E-state index is 5.66. The molecular formula is C8H11ClN4. The summed E-state index contributed by atoms with van der Waals surface area (Å²) in [4.78, 5) is 0. The average molecular weight is 199 g/mol. The second kappa shape index (κ2) is 4.18. The molecule has 2 heterocycles. The van der Waals surface area contributed by atoms with Crippen molar-refractivity contribution in [3.8, 4) is 0 Å². The average Bonchev–Trinajstić information content (AvgIpc) is 2.52. The van der Waals surface area contributed by atoms with E-state index in [0.717, 1.165) is 5.82 Å². The molecule has 0 saturated carbocycles. The second-order valence-corrected chi connectivity index (χ2v) is 2.56. The van der Waals surface area contributed by atoms with Gasteiger partial charge in [-0.15, -0.1) is 10.2 Å². The van der Waals surface area contributed by atoms with Gasteiger partial charge in [0.1, 0.15) is 5.15 Å². The molecule has 4 nitrogen and oxygen atoms in total. The molecule has 2 aromatic heterocycles. The Balaban J connectivity index is 0.000000396. The van der Waals surface area contributed by atoms with E-state index in [0.29, 0.717) is 10.8 Å². The highest BCUT2D eigenvalue weighted by molar-refractivity contribution is 6.29. The normalized spacial score (nSPS) is 9.54. The lowest BCUT2D eigenvalue weighted by molar-refractivity contribution is 0.875. The van der Waals surface area contributed by atoms with Gasteiger partial charge in [-0.3, -0.25) is 0 Å². The zero-order valence-corrected chi connectivity index (χ0v) is 8.58. The highest BCUT2D eigenvalue weighted by atomic mass is 35.5. The van der Waals surface area contributed by atoms with Gasteiger partial charge in [-0.05, 0) is 19.1 Å². The Kier molecular flexibility index (Phi) is 3.19. The third-order valence-corrected chi connectivity index (χ3v) is 1.59. The predicted molar refractivity (Wildman–Crippen MR) is 51.9 cm³/mol. The molecule has 0 spiro atoms. The van der Waals surface area contributed by atoms with Crippen LogP contribution in [-0.2, 0) is 0 Å². The fourth-order valence-electron chi connectivity index (χ4n) is 0.874. The summed E-state index contributed by atoms with van der Waals surface area (Å²) in [6.07, 6.45) is 0. The van der Waals surface area contributed by atoms with Gasteiger partial charge in [0.25, 0.3) is 0 Å². The Hall–Kier alpha value is -1.16. The van der Waals surface area contributed by atoms with Gasteiger partial charge in [0.15, 0.2) is 11.5 Å². The summed E-state index contributed by atoms with van der Waals surface area (Å²) in [6, 6.07) is 3.46. The van der Waals surface area contributed by atoms with Crippen LogP contribution in [0.1, 0.15) is 19.7 Å². The van der Waals surface area contributed by atoms with Crippen molar-refractivity contribution in [1.82, 2.24) is 19.8 Å². The highest BCUT2D eigenvalue weighted by Crippen LogP contribution is 2.05. The fraction of sp³-hybridized carbons (Fsp3) is 0.375. The molecule has 0 unspecified atom stereocenters. The van der Waals surface area contributed by atoms with E-state index in [1.807, 2.05) is 20.8 Å². The Labute approximate surface area is 81.5 Å². The lowest BCUT2D eigenvalue weighted by Gasteiger charge is -1.91. The van der Waals surface area contributed by atoms with E-state index in [2.05, 4.69) is 15.3 Å². The summed E-state index contributed by atoms with van der Waals surface area (Å²) < 4.78 is 1.60. The molecule has 0 atom stereocenters. The number of hydrogen-bond donors (Lipinski definition) is 0. The molecule has 0 saturated heterocycles. The van der Waals surface area contributed by atoms with Crippen molar-refractivity contribution in [2.75, 3.05) is 0 Å². The summed E-state index contributed by atoms with van der Waals surface area (Å²) >= 11 is 5.66. The number of rotatable bonds is 0. The fourth-order valence-corrected chi connectivity index (χ4v) is 1.01. The molecular weight excluding hydrogens is 188 g/mol. The Bertz CT molecular complexity index is 396. The Morgan fingerprint density at radius 3 is 2.62 bits per heavy atom. The number of hydrogen-bond acceptors (Lipinski definition) is 3. The molecule has 13 heavy (non-hydrogen) atoms. The van der Waals surface area contributed by atoms with E-state index >= 15 is 0 Å². The quantitative estimate of drug-likeness (QED) is 0.651. The highest BCUT2D eigenvalue weighted by Gasteiger charge is 2.00. The van der Waals surface area contributed by atoms with Gasteiger partial charge in [0.05, 0.1) is 0 Å². The first-order valence-corrected chi connectivity index (χ1v) is 4.50. The topological polar surface area (TPSA) is 43.1 Å². The van der Waals surface area contributed by atoms with Gasteiger partial charge in [0.2, 0.25) is 0 Å². The molecule has 0 bridgehead atoms. The van der Waals surface area contributed by atoms with Gasteiger partial charge in [-0.25, -0.2) is 0 Å². The van der Waals surface area contributed by atoms with E-state index in [9.17, 15) is 0 Å². The van der Waals surface area contributed by atoms with Crippen LogP contribution in [0.25, 0.3) is 5.65 Å². The molecule has 0 amide bonds. The van der Waals surface area contributed by atoms with Crippen molar-refractivity contribution in [3.05, 3.63) is 23.1 Å². The van der Waals surface area contributed by atoms with Crippen molar-refractivity contribution in [2.24, 2.45) is 0 Å². The van der Waals surface area contributed by atoms with Gasteiger partial charge in [-0.1, -0.05) is 25.4 Å². The minimum Gasteiger partial charge on any atom is -0.196 e. The largest absolute Gasteiger partial charge is 0.196 e. The maximum atomic E-state index is 5.66. The van der Waals surface area contributed by atoms with Crippen molar-refractivity contribution in [3.63, 3.8) is 0 Å². The van der Waals surface area contributed by atoms with Gasteiger partial charge < -0.3 is 0 Å². The maximum Gasteiger partial charge on any atom is 0.177 e. The molecule has 0 aliphatic heterocycles. The number of aryl methyl sites for hydroxylation is 1. The molecule has 5 heteroatoms. The lowest BCUT2D eigenvalue weighted by atomic mass is 10.5. The standard InChI is InChI=1S/C6H5ClN4.C2H6/c1-4-8-9-6-3-2-5(7)10-11(4)6;1-2/h2-3H,1H3;1-2H3. The molecule has 0 fully saturated rings. The van der Waals surface area contributed by atoms with Gasteiger partial charge in [-0.2, -0.15) is 9.61 Å². The van der Waals surface area contributed by atoms with Gasteiger partial charge >= 0.3 is 0 Å². The molecule has 0 radical (unpaired) electrons. The molecule has 0 aromatic carbocycles. The van der Waals surface area contributed by atoms with Crippen LogP contribution >= 0.6 is 11.6 Å². The van der Waals surface area contributed by atoms with Crippen molar-refractivity contribution in [2.45, 2.75) is 20.8 Å². The van der Waals surface area contributed by atoms with Crippen LogP contribution in [0.2, 0.25) is 5.15 Å². The van der Waals surface area contributed by atoms with Crippen molar-refractivity contribution >= 4 is 17.2 Å². The third-order valence-electron chi connectivity index (χ3n) is 1.39. The summed E-state index contributed by atoms with van der Waals surface area (Å²) in [6.45, 7) is 5.82. The van der Waals surface area contributed by atoms with Crippen LogP contribution in [0.5, 0.6) is 0 Å². The Morgan fingerprint density at radius 2 is 1.92 bits per heavy atom. The van der Waals surface area contributed by atoms with Crippen molar-refractivity contribution in [1.29, 1.82) is 0 Å². The van der Waals surface area contributed by atoms with E-state index in [1.165, 1.54) is 0 Å². The van der Waals surface area contributed by atoms with Crippen molar-refractivity contribution < 1.29 is 0 Å². The predicted octanol–water partition coefficient (Wildman–Crippen LogP) is 2.11. The minimum absolute atomic E-state index is 0.445. The van der Waals surface area contributed by atoms with Crippen LogP contribution in [0, 0.1) is 6.92 Å². The Morgan fingerprint density at radius 1 is 1.23 bits per heavy atom. The minimum atomic E-state index is 0.445. The van der Waals surface area contributed by atoms with Crippen LogP contribution in [0.3, 0.4) is 0 Å². The lowest BCUT2D eigenvalue weighted by Crippen LogP contribution is -1.93. The molecule has 70 valence electrons. The third kappa shape index (κ3) is 1.95. The molecule has 0 N–H and O–H groups in total. The van der Waals surface area contributed by atoms with Crippen LogP contribution < -0.4 is 0 Å². The summed E-state index contributed by atoms with van der Waals surface area (Å²) in [7, 11) is 0. The zero-order valence-electron chi connectivity index (χ0n) is 7.82. The number of aromatic nitrogens is 4. The van der Waals surface area contributed by atoms with Crippen LogP contribution in [0.4, 0.5) is 0 Å². The second-order valence-electron chi connectivity index (χ2n) is 2.17. The summed E-state index contributed by atoms with van der Waals surface area (Å²) in [5.74, 6) is 0.738. The smallest absolute Gasteiger partial charge is 0.177 e. The number of fused-ring (bicyclic) bond motifs is 1. The zero-order chi connectivity index (χ0) is 9.84. The summed E-state index contributed by atoms with van der Waals surface area (Å²) in [5.41, 5.74) is 0.715. The van der Waals surface area contributed by atoms with Gasteiger partial charge in [0, 0.05) is 0 Å². The first-order chi connectivity index (χ1) is 6.27. The molecule has 2 rings (SSSR count). The SMILES string of the molecule is CC.Cc1nnc2ccc(Cl)nn12. The van der Waals surface area contributed by atoms with E-state index in [-0.39, 0.29) is 0 Å². The molecule has 0 aliphatic rings. The monoisotopic (exact) mass is 198 g/mol. The number of nitrogens with zero attached hydrogens (tertiary/aromatic N) is 4. The number of halogens is 1. The van der Waals surface area contributed by atoms with E-state index in [4.69, 9.17) is 11.6 Å². The molecule has 0 aliphatic carbocycles.